The number of nitrogens with one attached hydrogen (secondary N) is 7. The van der Waals surface area contributed by atoms with Crippen LogP contribution in [-0.2, 0) is 64.0 Å². The molecule has 1 saturated heterocycles. The molecule has 9 N–H and O–H groups in total. The molecule has 550 valence electrons. The van der Waals surface area contributed by atoms with E-state index in [2.05, 4.69) is 37.2 Å². The molecule has 11 atom stereocenters. The number of primary amides is 1. The van der Waals surface area contributed by atoms with Crippen LogP contribution < -0.4 is 52.4 Å². The van der Waals surface area contributed by atoms with Crippen LogP contribution >= 0.6 is 0 Å². The van der Waals surface area contributed by atoms with Crippen molar-refractivity contribution >= 4 is 76.8 Å². The summed E-state index contributed by atoms with van der Waals surface area (Å²) in [7, 11) is 11.0. The van der Waals surface area contributed by atoms with Gasteiger partial charge >= 0.3 is 12.1 Å². The summed E-state index contributed by atoms with van der Waals surface area (Å²) in [5.41, 5.74) is 6.35. The number of anilines is 1. The number of methoxy groups -OCH3 is 4. The molecule has 1 fully saturated rings. The van der Waals surface area contributed by atoms with Crippen molar-refractivity contribution < 1.29 is 81.2 Å². The van der Waals surface area contributed by atoms with Gasteiger partial charge < -0.3 is 76.4 Å². The van der Waals surface area contributed by atoms with E-state index in [0.29, 0.717) is 48.4 Å². The van der Waals surface area contributed by atoms with Gasteiger partial charge in [0.1, 0.15) is 24.7 Å². The first-order valence-corrected chi connectivity index (χ1v) is 33.9. The fourth-order valence-corrected chi connectivity index (χ4v) is 12.5. The summed E-state index contributed by atoms with van der Waals surface area (Å²) in [6, 6.07) is 4.38. The second kappa shape index (κ2) is 40.4. The first-order valence-electron chi connectivity index (χ1n) is 33.9. The topological polar surface area (TPSA) is 374 Å². The van der Waals surface area contributed by atoms with E-state index < -0.39 is 108 Å². The molecule has 2 aliphatic rings. The van der Waals surface area contributed by atoms with Gasteiger partial charge in [-0.1, -0.05) is 87.3 Å². The van der Waals surface area contributed by atoms with Gasteiger partial charge in [-0.2, -0.15) is 0 Å². The number of Topliss-reactive ketones (excluding diaryl/α,β-unsaturated/α-hetero) is 1. The van der Waals surface area contributed by atoms with Crippen molar-refractivity contribution in [3.63, 3.8) is 0 Å². The minimum Gasteiger partial charge on any atom is -0.493 e. The van der Waals surface area contributed by atoms with Crippen LogP contribution in [-0.4, -0.2) is 221 Å². The van der Waals surface area contributed by atoms with Crippen LogP contribution in [0.25, 0.3) is 0 Å². The zero-order valence-electron chi connectivity index (χ0n) is 60.5. The maximum absolute atomic E-state index is 15.1. The molecule has 0 unspecified atom stereocenters. The largest absolute Gasteiger partial charge is 0.493 e. The number of urea groups is 1. The van der Waals surface area contributed by atoms with E-state index in [1.54, 1.807) is 83.2 Å². The van der Waals surface area contributed by atoms with Crippen LogP contribution in [0.5, 0.6) is 11.5 Å². The van der Waals surface area contributed by atoms with Crippen LogP contribution in [0.2, 0.25) is 0 Å². The number of hydrogen-bond donors (Lipinski definition) is 8. The molecule has 0 bridgehead atoms. The monoisotopic (exact) mass is 1390 g/mol. The summed E-state index contributed by atoms with van der Waals surface area (Å²) in [6.45, 7) is 16.2. The maximum atomic E-state index is 15.1. The summed E-state index contributed by atoms with van der Waals surface area (Å²) in [6.07, 6.45) is 1.98. The average molecular weight is 1390 g/mol. The average Bonchev–Trinajstić information content (AvgIpc) is 1.74. The lowest BCUT2D eigenvalue weighted by molar-refractivity contribution is -0.148. The molecule has 2 aliphatic heterocycles. The number of likely N-dealkylation sites (tertiary alicyclic amines) is 1. The second-order valence-corrected chi connectivity index (χ2v) is 26.6. The molecule has 0 spiro atoms. The van der Waals surface area contributed by atoms with Crippen molar-refractivity contribution in [2.24, 2.45) is 35.3 Å². The van der Waals surface area contributed by atoms with Crippen molar-refractivity contribution in [1.29, 1.82) is 0 Å². The van der Waals surface area contributed by atoms with Crippen LogP contribution in [0.1, 0.15) is 136 Å². The molecule has 0 aliphatic carbocycles. The van der Waals surface area contributed by atoms with Gasteiger partial charge in [-0.15, -0.1) is 0 Å². The van der Waals surface area contributed by atoms with E-state index in [0.717, 1.165) is 4.90 Å². The van der Waals surface area contributed by atoms with Crippen molar-refractivity contribution in [3.8, 4) is 11.5 Å². The molecule has 29 heteroatoms. The Bertz CT molecular complexity index is 3100. The van der Waals surface area contributed by atoms with Gasteiger partial charge in [0.2, 0.25) is 41.4 Å². The maximum Gasteiger partial charge on any atom is 0.407 e. The van der Waals surface area contributed by atoms with Gasteiger partial charge in [-0.05, 0) is 106 Å². The molecule has 2 aromatic carbocycles. The van der Waals surface area contributed by atoms with E-state index in [4.69, 9.17) is 29.4 Å². The summed E-state index contributed by atoms with van der Waals surface area (Å²) >= 11 is 0. The Morgan fingerprint density at radius 1 is 0.697 bits per heavy atom. The molecule has 2 heterocycles. The number of nitrogens with two attached hydrogens (primary N) is 1. The predicted molar refractivity (Wildman–Crippen MR) is 370 cm³/mol. The highest BCUT2D eigenvalue weighted by atomic mass is 16.5. The molecular weight excluding hydrogens is 1280 g/mol. The number of likely N-dealkylation sites (N-methyl/N-ethyl adjacent to an activating group) is 2. The number of carbonyl (C=O) groups excluding carboxylic acids is 12. The van der Waals surface area contributed by atoms with E-state index >= 15 is 4.79 Å². The number of carbonyl (C=O) groups is 12. The molecule has 0 saturated carbocycles. The number of imide groups is 1. The van der Waals surface area contributed by atoms with Gasteiger partial charge in [0, 0.05) is 70.7 Å². The molecule has 0 radical (unpaired) electrons. The van der Waals surface area contributed by atoms with Gasteiger partial charge in [-0.25, -0.2) is 9.59 Å². The highest BCUT2D eigenvalue weighted by Crippen LogP contribution is 2.32. The Morgan fingerprint density at radius 3 is 1.91 bits per heavy atom. The van der Waals surface area contributed by atoms with E-state index in [-0.39, 0.29) is 118 Å². The summed E-state index contributed by atoms with van der Waals surface area (Å²) in [5.74, 6) is -5.65. The van der Waals surface area contributed by atoms with Crippen LogP contribution in [0.15, 0.2) is 54.6 Å². The lowest BCUT2D eigenvalue weighted by atomic mass is 9.89. The Morgan fingerprint density at radius 2 is 1.34 bits per heavy atom. The fraction of sp³-hybridized carbons (Fsp3) is 0.629. The third kappa shape index (κ3) is 24.6. The molecule has 29 nitrogen and oxygen atoms in total. The quantitative estimate of drug-likeness (QED) is 0.0264. The van der Waals surface area contributed by atoms with Crippen LogP contribution in [0.4, 0.5) is 15.3 Å². The second-order valence-electron chi connectivity index (χ2n) is 26.6. The number of ether oxygens (including phenoxy) is 5. The van der Waals surface area contributed by atoms with Crippen molar-refractivity contribution in [2.45, 2.75) is 181 Å². The third-order valence-corrected chi connectivity index (χ3v) is 18.1. The normalized spacial score (nSPS) is 17.2. The minimum absolute atomic E-state index is 0.0551. The third-order valence-electron chi connectivity index (χ3n) is 18.1. The number of ketones is 1. The number of nitrogens with zero attached hydrogens (tertiary/aromatic N) is 4. The van der Waals surface area contributed by atoms with Gasteiger partial charge in [0.15, 0.2) is 17.3 Å². The van der Waals surface area contributed by atoms with E-state index in [1.807, 2.05) is 46.4 Å². The standard InChI is InChI=1S/C70H108N12O17/c1-17-43(8)62(80(12)68(92)60(41(4)5)78-67(91)61(42(6)7)79(10)11)54(97-15)36-58(87)82-38-48(35-50(82)63(98-16)44(9)64(88)73-37-51(83)46-26-29-52(95-13)53(34-46)96-14)75-70(94)99-39-45-24-27-47(28-25-45)74-65(89)49(22-21-32-72-69(71)93)76-66(90)59(40(2)3)77-55(84)23-19-18-20-33-81-56(85)30-31-57(81)86/h24-31,34,40-44,48-50,54,59-63H,17-23,32-33,35-39H2,1-16H3,(H,73,88)(H,74,89)(H,75,94)(H,76,90)(H,77,84)(H,78,91)(H3,71,72,93)/t43-,44+,48-,49-,50-,54+,59-,60-,61-,62-,63+/m0/s1. The first kappa shape index (κ1) is 82.7. The number of rotatable bonds is 41. The zero-order chi connectivity index (χ0) is 74.0. The summed E-state index contributed by atoms with van der Waals surface area (Å²) in [4.78, 5) is 167. The number of alkyl carbamates (subject to hydrolysis) is 1. The zero-order valence-corrected chi connectivity index (χ0v) is 60.5. The fourth-order valence-electron chi connectivity index (χ4n) is 12.5. The molecule has 2 aromatic rings. The Balaban J connectivity index is 1.52. The van der Waals surface area contributed by atoms with Gasteiger partial charge in [0.05, 0.1) is 69.5 Å². The predicted octanol–water partition coefficient (Wildman–Crippen LogP) is 4.05. The molecule has 99 heavy (non-hydrogen) atoms. The van der Waals surface area contributed by atoms with Gasteiger partial charge in [0.25, 0.3) is 11.8 Å². The first-order chi connectivity index (χ1) is 46.8. The Kier molecular flexibility index (Phi) is 33.7. The lowest BCUT2D eigenvalue weighted by Crippen LogP contribution is -2.59. The highest BCUT2D eigenvalue weighted by molar-refractivity contribution is 6.13. The van der Waals surface area contributed by atoms with Crippen molar-refractivity contribution in [3.05, 3.63) is 65.7 Å². The Labute approximate surface area is 582 Å². The summed E-state index contributed by atoms with van der Waals surface area (Å²) in [5, 5.41) is 19.4. The van der Waals surface area contributed by atoms with E-state index in [1.165, 1.54) is 51.6 Å². The molecule has 12 amide bonds. The smallest absolute Gasteiger partial charge is 0.407 e. The Hall–Kier alpha value is -8.70. The van der Waals surface area contributed by atoms with Crippen molar-refractivity contribution in [1.82, 2.24) is 51.5 Å². The number of amides is 12. The highest BCUT2D eigenvalue weighted by Gasteiger charge is 2.46. The number of unbranched alkanes of at least 4 members (excludes halogenated alkanes) is 2. The van der Waals surface area contributed by atoms with Crippen LogP contribution in [0.3, 0.4) is 0 Å². The molecule has 0 aromatic heterocycles. The SMILES string of the molecule is CC[C@H](C)[C@@H]([C@@H](CC(=O)N1C[C@@H](NC(=O)OCc2ccc(NC(=O)[C@H](CCCNC(N)=O)NC(=O)[C@@H](NC(=O)CCCCCN3C(=O)C=CC3=O)C(C)C)cc2)C[C@H]1[C@H](OC)[C@@H](C)C(=O)NCC(=O)c1ccc(OC)c(OC)c1)OC)N(C)C(=O)[C@@H](NC(=O)[C@H](C(C)C)N(C)C)C(C)C. The molecule has 4 rings (SSSR count). The summed E-state index contributed by atoms with van der Waals surface area (Å²) < 4.78 is 28.6. The number of benzene rings is 2. The molecular formula is C70H108N12O17. The van der Waals surface area contributed by atoms with Crippen molar-refractivity contribution in [2.75, 3.05) is 81.1 Å². The van der Waals surface area contributed by atoms with Gasteiger partial charge in [-0.3, -0.25) is 57.7 Å². The lowest BCUT2D eigenvalue weighted by Gasteiger charge is -2.41. The number of hydrogen-bond acceptors (Lipinski definition) is 18. The minimum atomic E-state index is -1.13. The van der Waals surface area contributed by atoms with E-state index in [9.17, 15) is 52.7 Å². The van der Waals surface area contributed by atoms with Crippen LogP contribution in [0, 0.1) is 29.6 Å².